The number of rotatable bonds is 0. The Morgan fingerprint density at radius 2 is 0.419 bits per heavy atom. The van der Waals surface area contributed by atoms with E-state index in [1.165, 1.54) is 0 Å². The minimum Gasteiger partial charge on any atom is -0.281 e. The van der Waals surface area contributed by atoms with E-state index < -0.39 is 0 Å². The first-order valence-corrected chi connectivity index (χ1v) is 12.1. The molecule has 6 nitrogen and oxygen atoms in total. The molecule has 0 saturated carbocycles. The van der Waals surface area contributed by atoms with Gasteiger partial charge >= 0.3 is 0 Å². The molecule has 0 aliphatic carbocycles. The van der Waals surface area contributed by atoms with Crippen molar-refractivity contribution < 1.29 is 25.9 Å². The summed E-state index contributed by atoms with van der Waals surface area (Å²) in [7, 11) is 0. The molecule has 0 aromatic heterocycles. The van der Waals surface area contributed by atoms with Gasteiger partial charge in [0, 0.05) is 21.1 Å². The molecular formula is C36H25N5OW. The smallest absolute Gasteiger partial charge is 0.281 e. The molecule has 2 radical (unpaired) electrons. The third-order valence-electron chi connectivity index (χ3n) is 4.51. The Labute approximate surface area is 267 Å². The largest absolute Gasteiger partial charge is 0.281 e. The van der Waals surface area contributed by atoms with Crippen molar-refractivity contribution in [3.8, 4) is 30.3 Å². The Balaban J connectivity index is 0. The van der Waals surface area contributed by atoms with Gasteiger partial charge in [-0.25, -0.2) is 0 Å². The third kappa shape index (κ3) is 21.4. The van der Waals surface area contributed by atoms with Gasteiger partial charge in [0.15, 0.2) is 0 Å². The number of benzene rings is 5. The van der Waals surface area contributed by atoms with Crippen LogP contribution in [0, 0.1) is 56.7 Å². The molecule has 0 heterocycles. The van der Waals surface area contributed by atoms with Crippen molar-refractivity contribution in [1.29, 1.82) is 26.3 Å². The molecule has 0 fully saturated rings. The summed E-state index contributed by atoms with van der Waals surface area (Å²) in [5.41, 5.74) is 3.58. The zero-order valence-electron chi connectivity index (χ0n) is 23.0. The van der Waals surface area contributed by atoms with E-state index in [1.54, 1.807) is 60.7 Å². The van der Waals surface area contributed by atoms with Crippen LogP contribution in [0.25, 0.3) is 0 Å². The van der Waals surface area contributed by atoms with Crippen molar-refractivity contribution >= 4 is 6.79 Å². The predicted molar refractivity (Wildman–Crippen MR) is 161 cm³/mol. The van der Waals surface area contributed by atoms with Crippen molar-refractivity contribution in [1.82, 2.24) is 0 Å². The summed E-state index contributed by atoms with van der Waals surface area (Å²) in [6.45, 7) is 4.50. The number of nitriles is 5. The standard InChI is InChI=1S/5C7H5N.CO.W/c5*8-6-7-4-2-1-3-5-7;1-2;/h5*1-5H;;. The van der Waals surface area contributed by atoms with E-state index in [2.05, 4.69) is 6.79 Å². The van der Waals surface area contributed by atoms with E-state index in [0.717, 1.165) is 0 Å². The van der Waals surface area contributed by atoms with Crippen LogP contribution < -0.4 is 0 Å². The van der Waals surface area contributed by atoms with Crippen LogP contribution in [-0.4, -0.2) is 6.79 Å². The van der Waals surface area contributed by atoms with Crippen molar-refractivity contribution in [2.75, 3.05) is 0 Å². The first-order chi connectivity index (χ1) is 20.7. The second-order valence-electron chi connectivity index (χ2n) is 7.39. The van der Waals surface area contributed by atoms with Crippen LogP contribution in [-0.2, 0) is 25.9 Å². The maximum Gasteiger partial charge on any atom is 0.281 e. The summed E-state index contributed by atoms with van der Waals surface area (Å²) >= 11 is 0. The van der Waals surface area contributed by atoms with E-state index >= 15 is 0 Å². The zero-order valence-corrected chi connectivity index (χ0v) is 25.9. The van der Waals surface area contributed by atoms with Crippen LogP contribution in [0.5, 0.6) is 0 Å². The summed E-state index contributed by atoms with van der Waals surface area (Å²) in [5, 5.41) is 41.4. The number of hydrogen-bond donors (Lipinski definition) is 0. The Bertz CT molecular complexity index is 1290. The van der Waals surface area contributed by atoms with Crippen LogP contribution in [0.15, 0.2) is 152 Å². The van der Waals surface area contributed by atoms with Gasteiger partial charge in [0.05, 0.1) is 58.2 Å². The summed E-state index contributed by atoms with van der Waals surface area (Å²) in [6, 6.07) is 55.8. The van der Waals surface area contributed by atoms with Crippen molar-refractivity contribution in [2.45, 2.75) is 0 Å². The normalized spacial score (nSPS) is 7.42. The third-order valence-corrected chi connectivity index (χ3v) is 4.51. The number of nitrogens with zero attached hydrogens (tertiary/aromatic N) is 5. The van der Waals surface area contributed by atoms with Gasteiger partial charge in [-0.1, -0.05) is 91.0 Å². The van der Waals surface area contributed by atoms with Crippen LogP contribution in [0.3, 0.4) is 0 Å². The fraction of sp³-hybridized carbons (Fsp3) is 0. The Hall–Kier alpha value is -6.09. The first kappa shape index (κ1) is 39.1. The van der Waals surface area contributed by atoms with Gasteiger partial charge in [0.1, 0.15) is 0 Å². The molecule has 7 heteroatoms. The molecule has 0 amide bonds. The monoisotopic (exact) mass is 727 g/mol. The Morgan fingerprint density at radius 3 is 0.488 bits per heavy atom. The summed E-state index contributed by atoms with van der Waals surface area (Å²) in [4.78, 5) is 7.50. The number of hydrogen-bond acceptors (Lipinski definition) is 6. The van der Waals surface area contributed by atoms with Gasteiger partial charge in [-0.2, -0.15) is 26.3 Å². The molecule has 0 bridgehead atoms. The molecule has 0 aliphatic heterocycles. The molecule has 5 rings (SSSR count). The van der Waals surface area contributed by atoms with Gasteiger partial charge in [-0.05, 0) is 60.7 Å². The minimum absolute atomic E-state index is 0. The zero-order chi connectivity index (χ0) is 31.1. The molecule has 0 saturated heterocycles. The molecular weight excluding hydrogens is 702 g/mol. The van der Waals surface area contributed by atoms with E-state index in [9.17, 15) is 0 Å². The average Bonchev–Trinajstić information content (AvgIpc) is 3.12. The van der Waals surface area contributed by atoms with E-state index in [0.29, 0.717) is 27.8 Å². The number of carbonyl (C=O) groups excluding carboxylic acids is 1. The SMILES string of the molecule is N#Cc1ccccc1.N#Cc1ccccc1.N#Cc1ccccc1.N#Cc1ccccc1.N#Cc1ccccc1.[C]=O.[W]. The topological polar surface area (TPSA) is 136 Å². The van der Waals surface area contributed by atoms with Gasteiger partial charge in [-0.15, -0.1) is 0 Å². The second kappa shape index (κ2) is 28.9. The van der Waals surface area contributed by atoms with Crippen molar-refractivity contribution in [3.63, 3.8) is 0 Å². The molecule has 0 unspecified atom stereocenters. The summed E-state index contributed by atoms with van der Waals surface area (Å²) < 4.78 is 0. The summed E-state index contributed by atoms with van der Waals surface area (Å²) in [5.74, 6) is 0. The molecule has 5 aromatic carbocycles. The van der Waals surface area contributed by atoms with Gasteiger partial charge in [0.25, 0.3) is 6.79 Å². The van der Waals surface area contributed by atoms with E-state index in [4.69, 9.17) is 31.1 Å². The second-order valence-corrected chi connectivity index (χ2v) is 7.39. The molecule has 0 aliphatic rings. The maximum absolute atomic E-state index is 8.29. The van der Waals surface area contributed by atoms with Gasteiger partial charge < -0.3 is 0 Å². The minimum atomic E-state index is 0. The fourth-order valence-corrected chi connectivity index (χ4v) is 2.56. The summed E-state index contributed by atoms with van der Waals surface area (Å²) in [6.07, 6.45) is 0. The van der Waals surface area contributed by atoms with Crippen LogP contribution in [0.2, 0.25) is 0 Å². The Morgan fingerprint density at radius 1 is 0.302 bits per heavy atom. The van der Waals surface area contributed by atoms with Crippen LogP contribution >= 0.6 is 0 Å². The average molecular weight is 727 g/mol. The molecule has 43 heavy (non-hydrogen) atoms. The first-order valence-electron chi connectivity index (χ1n) is 12.1. The quantitative estimate of drug-likeness (QED) is 0.163. The van der Waals surface area contributed by atoms with E-state index in [1.807, 2.05) is 121 Å². The predicted octanol–water partition coefficient (Wildman–Crippen LogP) is 7.39. The van der Waals surface area contributed by atoms with E-state index in [-0.39, 0.29) is 21.1 Å². The molecule has 206 valence electrons. The molecule has 0 spiro atoms. The van der Waals surface area contributed by atoms with Crippen LogP contribution in [0.1, 0.15) is 27.8 Å². The Kier molecular flexibility index (Phi) is 26.3. The van der Waals surface area contributed by atoms with Gasteiger partial charge in [-0.3, -0.25) is 4.79 Å². The fourth-order valence-electron chi connectivity index (χ4n) is 2.56. The molecule has 0 N–H and O–H groups in total. The van der Waals surface area contributed by atoms with Gasteiger partial charge in [0.2, 0.25) is 0 Å². The molecule has 0 atom stereocenters. The van der Waals surface area contributed by atoms with Crippen LogP contribution in [0.4, 0.5) is 0 Å². The van der Waals surface area contributed by atoms with Crippen molar-refractivity contribution in [3.05, 3.63) is 179 Å². The maximum atomic E-state index is 8.29. The van der Waals surface area contributed by atoms with Crippen molar-refractivity contribution in [2.24, 2.45) is 0 Å². The molecule has 5 aromatic rings.